The molecule has 5 nitrogen and oxygen atoms in total. The van der Waals surface area contributed by atoms with E-state index in [1.54, 1.807) is 18.7 Å². The molecule has 5 heteroatoms. The molecular formula is C13H24N2O3. The van der Waals surface area contributed by atoms with Gasteiger partial charge in [-0.1, -0.05) is 13.8 Å². The predicted octanol–water partition coefficient (Wildman–Crippen LogP) is 1.23. The van der Waals surface area contributed by atoms with Crippen molar-refractivity contribution in [1.29, 1.82) is 0 Å². The van der Waals surface area contributed by atoms with Crippen LogP contribution in [0.4, 0.5) is 0 Å². The van der Waals surface area contributed by atoms with Gasteiger partial charge in [0.15, 0.2) is 0 Å². The Morgan fingerprint density at radius 1 is 1.39 bits per heavy atom. The van der Waals surface area contributed by atoms with E-state index in [1.165, 1.54) is 0 Å². The van der Waals surface area contributed by atoms with Crippen LogP contribution in [0.1, 0.15) is 47.0 Å². The van der Waals surface area contributed by atoms with Crippen LogP contribution in [0, 0.1) is 0 Å². The van der Waals surface area contributed by atoms with Crippen LogP contribution in [-0.4, -0.2) is 46.1 Å². The lowest BCUT2D eigenvalue weighted by Gasteiger charge is -2.39. The molecule has 1 fully saturated rings. The standard InChI is InChI=1S/C13H24N2O3/c1-5-13(11(17)18)8-7-9-15(13)10(16)12(3,4)14-6-2/h14H,5-9H2,1-4H3,(H,17,18). The van der Waals surface area contributed by atoms with Gasteiger partial charge in [0.05, 0.1) is 5.54 Å². The second-order valence-electron chi connectivity index (χ2n) is 5.41. The molecule has 1 unspecified atom stereocenters. The Morgan fingerprint density at radius 3 is 2.44 bits per heavy atom. The number of hydrogen-bond acceptors (Lipinski definition) is 3. The molecule has 1 aliphatic rings. The number of aliphatic carboxylic acids is 1. The molecule has 1 saturated heterocycles. The SMILES string of the molecule is CCNC(C)(C)C(=O)N1CCCC1(CC)C(=O)O. The maximum Gasteiger partial charge on any atom is 0.329 e. The summed E-state index contributed by atoms with van der Waals surface area (Å²) in [6.07, 6.45) is 1.76. The summed E-state index contributed by atoms with van der Waals surface area (Å²) < 4.78 is 0. The Labute approximate surface area is 109 Å². The van der Waals surface area contributed by atoms with Gasteiger partial charge in [-0.15, -0.1) is 0 Å². The number of carboxylic acids is 1. The van der Waals surface area contributed by atoms with E-state index in [0.717, 1.165) is 6.42 Å². The number of likely N-dealkylation sites (N-methyl/N-ethyl adjacent to an activating group) is 1. The fraction of sp³-hybridized carbons (Fsp3) is 0.846. The summed E-state index contributed by atoms with van der Waals surface area (Å²) in [5.74, 6) is -1.01. The van der Waals surface area contributed by atoms with E-state index in [4.69, 9.17) is 0 Å². The van der Waals surface area contributed by atoms with Crippen LogP contribution >= 0.6 is 0 Å². The zero-order valence-corrected chi connectivity index (χ0v) is 11.7. The van der Waals surface area contributed by atoms with Crippen LogP contribution in [0.2, 0.25) is 0 Å². The molecule has 0 spiro atoms. The molecule has 0 aromatic carbocycles. The number of nitrogens with one attached hydrogen (secondary N) is 1. The van der Waals surface area contributed by atoms with Crippen LogP contribution in [0.15, 0.2) is 0 Å². The van der Waals surface area contributed by atoms with Gasteiger partial charge in [0.2, 0.25) is 5.91 Å². The van der Waals surface area contributed by atoms with Gasteiger partial charge in [0.25, 0.3) is 0 Å². The van der Waals surface area contributed by atoms with Crippen LogP contribution in [-0.2, 0) is 9.59 Å². The van der Waals surface area contributed by atoms with E-state index in [2.05, 4.69) is 5.32 Å². The maximum absolute atomic E-state index is 12.5. The number of likely N-dealkylation sites (tertiary alicyclic amines) is 1. The Morgan fingerprint density at radius 2 is 2.00 bits per heavy atom. The number of carboxylic acid groups (broad SMARTS) is 1. The first-order chi connectivity index (χ1) is 8.31. The minimum absolute atomic E-state index is 0.119. The van der Waals surface area contributed by atoms with Crippen LogP contribution in [0.25, 0.3) is 0 Å². The van der Waals surface area contributed by atoms with Crippen molar-refractivity contribution in [2.45, 2.75) is 58.0 Å². The second kappa shape index (κ2) is 5.26. The fourth-order valence-corrected chi connectivity index (χ4v) is 2.77. The Kier molecular flexibility index (Phi) is 4.37. The summed E-state index contributed by atoms with van der Waals surface area (Å²) >= 11 is 0. The zero-order valence-electron chi connectivity index (χ0n) is 11.7. The van der Waals surface area contributed by atoms with Gasteiger partial charge in [-0.25, -0.2) is 4.79 Å². The molecule has 1 amide bonds. The molecule has 2 N–H and O–H groups in total. The van der Waals surface area contributed by atoms with Crippen molar-refractivity contribution < 1.29 is 14.7 Å². The van der Waals surface area contributed by atoms with E-state index in [1.807, 2.05) is 13.8 Å². The van der Waals surface area contributed by atoms with Crippen LogP contribution in [0.3, 0.4) is 0 Å². The molecule has 104 valence electrons. The van der Waals surface area contributed by atoms with E-state index in [9.17, 15) is 14.7 Å². The summed E-state index contributed by atoms with van der Waals surface area (Å²) in [5.41, 5.74) is -1.72. The van der Waals surface area contributed by atoms with Crippen LogP contribution in [0.5, 0.6) is 0 Å². The lowest BCUT2D eigenvalue weighted by molar-refractivity contribution is -0.159. The number of rotatable bonds is 5. The van der Waals surface area contributed by atoms with Crippen molar-refractivity contribution in [3.63, 3.8) is 0 Å². The summed E-state index contributed by atoms with van der Waals surface area (Å²) in [7, 11) is 0. The van der Waals surface area contributed by atoms with Gasteiger partial charge in [-0.05, 0) is 39.7 Å². The van der Waals surface area contributed by atoms with Gasteiger partial charge >= 0.3 is 5.97 Å². The number of carbonyl (C=O) groups excluding carboxylic acids is 1. The van der Waals surface area contributed by atoms with Gasteiger partial charge in [0, 0.05) is 6.54 Å². The lowest BCUT2D eigenvalue weighted by Crippen LogP contribution is -2.61. The van der Waals surface area contributed by atoms with E-state index < -0.39 is 17.0 Å². The molecule has 0 radical (unpaired) electrons. The molecule has 1 heterocycles. The number of carbonyl (C=O) groups is 2. The molecule has 0 aromatic heterocycles. The van der Waals surface area contributed by atoms with Crippen molar-refractivity contribution in [3.8, 4) is 0 Å². The second-order valence-corrected chi connectivity index (χ2v) is 5.41. The fourth-order valence-electron chi connectivity index (χ4n) is 2.77. The summed E-state index contributed by atoms with van der Waals surface area (Å²) in [6, 6.07) is 0. The van der Waals surface area contributed by atoms with Crippen molar-refractivity contribution in [3.05, 3.63) is 0 Å². The lowest BCUT2D eigenvalue weighted by atomic mass is 9.91. The number of amides is 1. The van der Waals surface area contributed by atoms with Gasteiger partial charge in [-0.3, -0.25) is 4.79 Å². The third kappa shape index (κ3) is 2.36. The van der Waals surface area contributed by atoms with E-state index in [-0.39, 0.29) is 5.91 Å². The van der Waals surface area contributed by atoms with Crippen molar-refractivity contribution in [1.82, 2.24) is 10.2 Å². The van der Waals surface area contributed by atoms with Gasteiger partial charge in [0.1, 0.15) is 5.54 Å². The predicted molar refractivity (Wildman–Crippen MR) is 69.4 cm³/mol. The zero-order chi connectivity index (χ0) is 14.0. The Balaban J connectivity index is 3.01. The average Bonchev–Trinajstić information content (AvgIpc) is 2.72. The molecule has 1 atom stereocenters. The molecular weight excluding hydrogens is 232 g/mol. The number of hydrogen-bond donors (Lipinski definition) is 2. The molecule has 0 saturated carbocycles. The molecule has 0 aromatic rings. The minimum Gasteiger partial charge on any atom is -0.479 e. The summed E-state index contributed by atoms with van der Waals surface area (Å²) in [5, 5.41) is 12.6. The monoisotopic (exact) mass is 256 g/mol. The highest BCUT2D eigenvalue weighted by atomic mass is 16.4. The molecule has 0 aliphatic carbocycles. The highest BCUT2D eigenvalue weighted by Gasteiger charge is 2.51. The first-order valence-electron chi connectivity index (χ1n) is 6.62. The van der Waals surface area contributed by atoms with Crippen LogP contribution < -0.4 is 5.32 Å². The minimum atomic E-state index is -1.01. The highest BCUT2D eigenvalue weighted by molar-refractivity contribution is 5.92. The Bertz CT molecular complexity index is 341. The smallest absolute Gasteiger partial charge is 0.329 e. The number of nitrogens with zero attached hydrogens (tertiary/aromatic N) is 1. The first kappa shape index (κ1) is 15.0. The van der Waals surface area contributed by atoms with Gasteiger partial charge < -0.3 is 15.3 Å². The molecule has 18 heavy (non-hydrogen) atoms. The maximum atomic E-state index is 12.5. The van der Waals surface area contributed by atoms with Crippen molar-refractivity contribution >= 4 is 11.9 Å². The summed E-state index contributed by atoms with van der Waals surface area (Å²) in [6.45, 7) is 8.59. The normalized spacial score (nSPS) is 24.3. The van der Waals surface area contributed by atoms with Crippen molar-refractivity contribution in [2.24, 2.45) is 0 Å². The third-order valence-corrected chi connectivity index (χ3v) is 3.87. The third-order valence-electron chi connectivity index (χ3n) is 3.87. The largest absolute Gasteiger partial charge is 0.479 e. The Hall–Kier alpha value is -1.10. The molecule has 0 bridgehead atoms. The highest BCUT2D eigenvalue weighted by Crippen LogP contribution is 2.34. The average molecular weight is 256 g/mol. The van der Waals surface area contributed by atoms with Gasteiger partial charge in [-0.2, -0.15) is 0 Å². The quantitative estimate of drug-likeness (QED) is 0.776. The van der Waals surface area contributed by atoms with E-state index in [0.29, 0.717) is 25.9 Å². The topological polar surface area (TPSA) is 69.6 Å². The van der Waals surface area contributed by atoms with E-state index >= 15 is 0 Å². The van der Waals surface area contributed by atoms with Crippen molar-refractivity contribution in [2.75, 3.05) is 13.1 Å². The molecule has 1 aliphatic heterocycles. The first-order valence-corrected chi connectivity index (χ1v) is 6.62. The summed E-state index contributed by atoms with van der Waals surface area (Å²) in [4.78, 5) is 25.6. The molecule has 1 rings (SSSR count).